The second kappa shape index (κ2) is 5.52. The topological polar surface area (TPSA) is 52.3 Å². The van der Waals surface area contributed by atoms with Crippen LogP contribution in [-0.4, -0.2) is 5.91 Å². The molecule has 0 saturated carbocycles. The quantitative estimate of drug-likeness (QED) is 0.917. The van der Waals surface area contributed by atoms with Crippen LogP contribution in [0.15, 0.2) is 42.5 Å². The lowest BCUT2D eigenvalue weighted by molar-refractivity contribution is 0.0998. The van der Waals surface area contributed by atoms with Crippen LogP contribution in [0.5, 0.6) is 5.75 Å². The molecule has 2 rings (SSSR count). The first-order chi connectivity index (χ1) is 9.08. The highest BCUT2D eigenvalue weighted by atomic mass is 19.1. The zero-order valence-electron chi connectivity index (χ0n) is 10.5. The SMILES string of the molecule is Cc1cc(OCc2ccccc2C(N)=O)ccc1F. The fourth-order valence-electron chi connectivity index (χ4n) is 1.75. The van der Waals surface area contributed by atoms with Gasteiger partial charge >= 0.3 is 0 Å². The molecule has 4 heteroatoms. The van der Waals surface area contributed by atoms with E-state index in [-0.39, 0.29) is 12.4 Å². The number of carbonyl (C=O) groups is 1. The summed E-state index contributed by atoms with van der Waals surface area (Å²) in [6, 6.07) is 11.5. The van der Waals surface area contributed by atoms with Gasteiger partial charge in [0.05, 0.1) is 0 Å². The smallest absolute Gasteiger partial charge is 0.249 e. The molecule has 98 valence electrons. The lowest BCUT2D eigenvalue weighted by Gasteiger charge is -2.09. The molecular formula is C15H14FNO2. The van der Waals surface area contributed by atoms with Gasteiger partial charge in [0.2, 0.25) is 5.91 Å². The van der Waals surface area contributed by atoms with Crippen molar-refractivity contribution in [3.05, 3.63) is 65.0 Å². The van der Waals surface area contributed by atoms with Gasteiger partial charge in [-0.25, -0.2) is 4.39 Å². The van der Waals surface area contributed by atoms with Gasteiger partial charge in [0, 0.05) is 11.1 Å². The number of primary amides is 1. The summed E-state index contributed by atoms with van der Waals surface area (Å²) in [4.78, 5) is 11.2. The van der Waals surface area contributed by atoms with Gasteiger partial charge in [0.25, 0.3) is 0 Å². The molecule has 2 aromatic carbocycles. The standard InChI is InChI=1S/C15H14FNO2/c1-10-8-12(6-7-14(10)16)19-9-11-4-2-3-5-13(11)15(17)18/h2-8H,9H2,1H3,(H2,17,18). The zero-order valence-corrected chi connectivity index (χ0v) is 10.5. The van der Waals surface area contributed by atoms with E-state index < -0.39 is 5.91 Å². The molecule has 0 aliphatic carbocycles. The van der Waals surface area contributed by atoms with Gasteiger partial charge in [-0.1, -0.05) is 18.2 Å². The molecule has 0 atom stereocenters. The fraction of sp³-hybridized carbons (Fsp3) is 0.133. The van der Waals surface area contributed by atoms with E-state index in [1.165, 1.54) is 6.07 Å². The maximum absolute atomic E-state index is 13.1. The first-order valence-electron chi connectivity index (χ1n) is 5.84. The van der Waals surface area contributed by atoms with Gasteiger partial charge < -0.3 is 10.5 Å². The molecular weight excluding hydrogens is 245 g/mol. The number of amides is 1. The molecule has 0 saturated heterocycles. The normalized spacial score (nSPS) is 10.2. The molecule has 0 heterocycles. The van der Waals surface area contributed by atoms with Crippen LogP contribution < -0.4 is 10.5 Å². The maximum Gasteiger partial charge on any atom is 0.249 e. The summed E-state index contributed by atoms with van der Waals surface area (Å²) in [6.45, 7) is 1.88. The van der Waals surface area contributed by atoms with E-state index in [9.17, 15) is 9.18 Å². The minimum Gasteiger partial charge on any atom is -0.489 e. The fourth-order valence-corrected chi connectivity index (χ4v) is 1.75. The summed E-state index contributed by atoms with van der Waals surface area (Å²) >= 11 is 0. The average molecular weight is 259 g/mol. The molecule has 0 radical (unpaired) electrons. The van der Waals surface area contributed by atoms with Crippen molar-refractivity contribution in [3.63, 3.8) is 0 Å². The van der Waals surface area contributed by atoms with Gasteiger partial charge in [0.15, 0.2) is 0 Å². The Labute approximate surface area is 110 Å². The van der Waals surface area contributed by atoms with Crippen LogP contribution in [0.3, 0.4) is 0 Å². The Balaban J connectivity index is 2.14. The second-order valence-electron chi connectivity index (χ2n) is 4.22. The number of nitrogens with two attached hydrogens (primary N) is 1. The second-order valence-corrected chi connectivity index (χ2v) is 4.22. The van der Waals surface area contributed by atoms with E-state index in [1.54, 1.807) is 43.3 Å². The van der Waals surface area contributed by atoms with Crippen molar-refractivity contribution in [1.29, 1.82) is 0 Å². The summed E-state index contributed by atoms with van der Waals surface area (Å²) < 4.78 is 18.7. The van der Waals surface area contributed by atoms with Crippen molar-refractivity contribution in [2.75, 3.05) is 0 Å². The van der Waals surface area contributed by atoms with Crippen LogP contribution >= 0.6 is 0 Å². The molecule has 2 aromatic rings. The van der Waals surface area contributed by atoms with Gasteiger partial charge in [0.1, 0.15) is 18.2 Å². The molecule has 0 aliphatic heterocycles. The van der Waals surface area contributed by atoms with E-state index in [2.05, 4.69) is 0 Å². The van der Waals surface area contributed by atoms with Crippen molar-refractivity contribution in [2.45, 2.75) is 13.5 Å². The predicted molar refractivity (Wildman–Crippen MR) is 70.4 cm³/mol. The third-order valence-electron chi connectivity index (χ3n) is 2.81. The van der Waals surface area contributed by atoms with Crippen molar-refractivity contribution >= 4 is 5.91 Å². The Bertz CT molecular complexity index is 611. The summed E-state index contributed by atoms with van der Waals surface area (Å²) in [5, 5.41) is 0. The average Bonchev–Trinajstić information content (AvgIpc) is 2.40. The number of hydrogen-bond donors (Lipinski definition) is 1. The molecule has 0 unspecified atom stereocenters. The lowest BCUT2D eigenvalue weighted by atomic mass is 10.1. The molecule has 2 N–H and O–H groups in total. The number of carbonyl (C=O) groups excluding carboxylic acids is 1. The highest BCUT2D eigenvalue weighted by molar-refractivity contribution is 5.94. The first kappa shape index (κ1) is 13.1. The Morgan fingerprint density at radius 2 is 2.00 bits per heavy atom. The summed E-state index contributed by atoms with van der Waals surface area (Å²) in [5.41, 5.74) is 6.94. The third kappa shape index (κ3) is 3.10. The van der Waals surface area contributed by atoms with Crippen molar-refractivity contribution in [2.24, 2.45) is 5.73 Å². The van der Waals surface area contributed by atoms with Gasteiger partial charge in [-0.15, -0.1) is 0 Å². The molecule has 19 heavy (non-hydrogen) atoms. The van der Waals surface area contributed by atoms with E-state index >= 15 is 0 Å². The Morgan fingerprint density at radius 1 is 1.26 bits per heavy atom. The Kier molecular flexibility index (Phi) is 3.80. The highest BCUT2D eigenvalue weighted by Crippen LogP contribution is 2.18. The minimum absolute atomic E-state index is 0.212. The number of benzene rings is 2. The Hall–Kier alpha value is -2.36. The van der Waals surface area contributed by atoms with Crippen LogP contribution in [0.2, 0.25) is 0 Å². The molecule has 0 aliphatic rings. The summed E-state index contributed by atoms with van der Waals surface area (Å²) in [6.07, 6.45) is 0. The van der Waals surface area contributed by atoms with Crippen LogP contribution in [-0.2, 0) is 6.61 Å². The van der Waals surface area contributed by atoms with Gasteiger partial charge in [-0.05, 0) is 36.8 Å². The molecule has 0 spiro atoms. The highest BCUT2D eigenvalue weighted by Gasteiger charge is 2.08. The third-order valence-corrected chi connectivity index (χ3v) is 2.81. The zero-order chi connectivity index (χ0) is 13.8. The van der Waals surface area contributed by atoms with Crippen molar-refractivity contribution in [3.8, 4) is 5.75 Å². The lowest BCUT2D eigenvalue weighted by Crippen LogP contribution is -2.14. The summed E-state index contributed by atoms with van der Waals surface area (Å²) in [7, 11) is 0. The Morgan fingerprint density at radius 3 is 2.68 bits per heavy atom. The number of aryl methyl sites for hydroxylation is 1. The molecule has 0 bridgehead atoms. The number of hydrogen-bond acceptors (Lipinski definition) is 2. The van der Waals surface area contributed by atoms with Crippen LogP contribution in [0.4, 0.5) is 4.39 Å². The molecule has 3 nitrogen and oxygen atoms in total. The first-order valence-corrected chi connectivity index (χ1v) is 5.84. The maximum atomic E-state index is 13.1. The van der Waals surface area contributed by atoms with Gasteiger partial charge in [-0.2, -0.15) is 0 Å². The van der Waals surface area contributed by atoms with Crippen molar-refractivity contribution in [1.82, 2.24) is 0 Å². The van der Waals surface area contributed by atoms with Gasteiger partial charge in [-0.3, -0.25) is 4.79 Å². The minimum atomic E-state index is -0.491. The largest absolute Gasteiger partial charge is 0.489 e. The summed E-state index contributed by atoms with van der Waals surface area (Å²) in [5.74, 6) is -0.211. The molecule has 0 aromatic heterocycles. The molecule has 1 amide bonds. The van der Waals surface area contributed by atoms with Crippen LogP contribution in [0.25, 0.3) is 0 Å². The van der Waals surface area contributed by atoms with E-state index in [1.807, 2.05) is 0 Å². The van der Waals surface area contributed by atoms with E-state index in [0.29, 0.717) is 22.4 Å². The number of halogens is 1. The van der Waals surface area contributed by atoms with Crippen LogP contribution in [0.1, 0.15) is 21.5 Å². The number of rotatable bonds is 4. The molecule has 0 fully saturated rings. The van der Waals surface area contributed by atoms with E-state index in [4.69, 9.17) is 10.5 Å². The monoisotopic (exact) mass is 259 g/mol. The van der Waals surface area contributed by atoms with Crippen molar-refractivity contribution < 1.29 is 13.9 Å². The predicted octanol–water partition coefficient (Wildman–Crippen LogP) is 2.81. The van der Waals surface area contributed by atoms with E-state index in [0.717, 1.165) is 0 Å². The number of ether oxygens (including phenoxy) is 1. The van der Waals surface area contributed by atoms with Crippen LogP contribution in [0, 0.1) is 12.7 Å².